The molecule has 16 heavy (non-hydrogen) atoms. The van der Waals surface area contributed by atoms with E-state index in [0.717, 1.165) is 6.07 Å². The van der Waals surface area contributed by atoms with Crippen LogP contribution in [0.25, 0.3) is 0 Å². The average Bonchev–Trinajstić information content (AvgIpc) is 2.23. The van der Waals surface area contributed by atoms with E-state index in [1.165, 1.54) is 7.11 Å². The summed E-state index contributed by atoms with van der Waals surface area (Å²) >= 11 is 8.72. The number of alkyl halides is 2. The molecule has 0 aliphatic heterocycles. The summed E-state index contributed by atoms with van der Waals surface area (Å²) in [5.41, 5.74) is -0.144. The van der Waals surface area contributed by atoms with Gasteiger partial charge in [-0.1, -0.05) is 11.6 Å². The van der Waals surface area contributed by atoms with Gasteiger partial charge in [0, 0.05) is 0 Å². The summed E-state index contributed by atoms with van der Waals surface area (Å²) in [6.45, 7) is 0. The number of carbonyl (C=O) groups excluding carboxylic acids is 1. The van der Waals surface area contributed by atoms with Crippen LogP contribution in [0.2, 0.25) is 5.15 Å². The Morgan fingerprint density at radius 2 is 2.31 bits per heavy atom. The molecule has 3 nitrogen and oxygen atoms in total. The Morgan fingerprint density at radius 1 is 1.69 bits per heavy atom. The van der Waals surface area contributed by atoms with Gasteiger partial charge in [0.05, 0.1) is 18.0 Å². The number of ether oxygens (including phenoxy) is 1. The van der Waals surface area contributed by atoms with Crippen molar-refractivity contribution in [1.82, 2.24) is 4.98 Å². The van der Waals surface area contributed by atoms with Crippen molar-refractivity contribution in [3.05, 3.63) is 26.9 Å². The van der Waals surface area contributed by atoms with Gasteiger partial charge in [0.15, 0.2) is 0 Å². The molecule has 0 saturated carbocycles. The van der Waals surface area contributed by atoms with Gasteiger partial charge < -0.3 is 4.74 Å². The number of esters is 1. The molecule has 0 amide bonds. The molecule has 1 aromatic rings. The SMILES string of the molecule is COC(=O)Cc1cc(C(F)F)nc(Cl)c1Br. The molecule has 0 atom stereocenters. The van der Waals surface area contributed by atoms with Crippen molar-refractivity contribution in [2.24, 2.45) is 0 Å². The lowest BCUT2D eigenvalue weighted by atomic mass is 10.1. The van der Waals surface area contributed by atoms with Crippen LogP contribution in [0.15, 0.2) is 10.5 Å². The van der Waals surface area contributed by atoms with Crippen molar-refractivity contribution < 1.29 is 18.3 Å². The molecule has 1 aromatic heterocycles. The Balaban J connectivity index is 3.11. The number of halogens is 4. The van der Waals surface area contributed by atoms with Crippen LogP contribution in [0.4, 0.5) is 8.78 Å². The van der Waals surface area contributed by atoms with Crippen LogP contribution in [0.5, 0.6) is 0 Å². The van der Waals surface area contributed by atoms with Crippen LogP contribution < -0.4 is 0 Å². The van der Waals surface area contributed by atoms with Crippen LogP contribution in [0.1, 0.15) is 17.7 Å². The van der Waals surface area contributed by atoms with Crippen molar-refractivity contribution >= 4 is 33.5 Å². The number of hydrogen-bond donors (Lipinski definition) is 0. The van der Waals surface area contributed by atoms with Gasteiger partial charge in [0.1, 0.15) is 10.8 Å². The standard InChI is InChI=1S/C9H7BrClF2NO2/c1-16-6(15)3-4-2-5(9(12)13)14-8(11)7(4)10/h2,9H,3H2,1H3. The molecule has 0 spiro atoms. The quantitative estimate of drug-likeness (QED) is 0.635. The lowest BCUT2D eigenvalue weighted by molar-refractivity contribution is -0.139. The highest BCUT2D eigenvalue weighted by Crippen LogP contribution is 2.29. The maximum absolute atomic E-state index is 12.4. The lowest BCUT2D eigenvalue weighted by Crippen LogP contribution is -2.06. The zero-order valence-electron chi connectivity index (χ0n) is 8.14. The molecular weight excluding hydrogens is 307 g/mol. The van der Waals surface area contributed by atoms with E-state index in [1.54, 1.807) is 0 Å². The molecule has 0 bridgehead atoms. The smallest absolute Gasteiger partial charge is 0.310 e. The molecule has 0 radical (unpaired) electrons. The minimum absolute atomic E-state index is 0.100. The Hall–Kier alpha value is -0.750. The molecule has 0 aliphatic carbocycles. The van der Waals surface area contributed by atoms with E-state index in [4.69, 9.17) is 11.6 Å². The molecule has 0 N–H and O–H groups in total. The third-order valence-electron chi connectivity index (χ3n) is 1.80. The van der Waals surface area contributed by atoms with E-state index >= 15 is 0 Å². The van der Waals surface area contributed by atoms with Crippen molar-refractivity contribution in [2.45, 2.75) is 12.8 Å². The number of carbonyl (C=O) groups is 1. The minimum atomic E-state index is -2.73. The predicted molar refractivity (Wildman–Crippen MR) is 57.6 cm³/mol. The second kappa shape index (κ2) is 5.54. The van der Waals surface area contributed by atoms with Gasteiger partial charge in [-0.25, -0.2) is 13.8 Å². The van der Waals surface area contributed by atoms with Gasteiger partial charge >= 0.3 is 5.97 Å². The highest BCUT2D eigenvalue weighted by Gasteiger charge is 2.17. The summed E-state index contributed by atoms with van der Waals surface area (Å²) in [5.74, 6) is -0.539. The molecule has 88 valence electrons. The Bertz CT molecular complexity index is 415. The van der Waals surface area contributed by atoms with E-state index in [0.29, 0.717) is 10.0 Å². The fourth-order valence-corrected chi connectivity index (χ4v) is 1.60. The van der Waals surface area contributed by atoms with Gasteiger partial charge in [-0.3, -0.25) is 4.79 Å². The first-order chi connectivity index (χ1) is 7.45. The van der Waals surface area contributed by atoms with Crippen molar-refractivity contribution in [3.63, 3.8) is 0 Å². The fourth-order valence-electron chi connectivity index (χ4n) is 1.04. The van der Waals surface area contributed by atoms with Crippen LogP contribution in [0, 0.1) is 0 Å². The number of methoxy groups -OCH3 is 1. The van der Waals surface area contributed by atoms with Crippen molar-refractivity contribution in [3.8, 4) is 0 Å². The van der Waals surface area contributed by atoms with Gasteiger partial charge in [0.2, 0.25) is 0 Å². The van der Waals surface area contributed by atoms with Gasteiger partial charge in [-0.05, 0) is 27.6 Å². The third kappa shape index (κ3) is 3.12. The number of aromatic nitrogens is 1. The van der Waals surface area contributed by atoms with E-state index in [9.17, 15) is 13.6 Å². The molecule has 1 heterocycles. The van der Waals surface area contributed by atoms with Crippen LogP contribution in [-0.4, -0.2) is 18.1 Å². The number of nitrogens with zero attached hydrogens (tertiary/aromatic N) is 1. The normalized spacial score (nSPS) is 10.6. The molecule has 0 saturated heterocycles. The first-order valence-corrected chi connectivity index (χ1v) is 5.32. The largest absolute Gasteiger partial charge is 0.469 e. The molecule has 0 aliphatic rings. The summed E-state index contributed by atoms with van der Waals surface area (Å²) < 4.78 is 29.6. The van der Waals surface area contributed by atoms with Crippen LogP contribution >= 0.6 is 27.5 Å². The second-order valence-corrected chi connectivity index (χ2v) is 4.02. The van der Waals surface area contributed by atoms with E-state index in [-0.39, 0.29) is 11.6 Å². The Morgan fingerprint density at radius 3 is 2.81 bits per heavy atom. The first kappa shape index (κ1) is 13.3. The lowest BCUT2D eigenvalue weighted by Gasteiger charge is -2.07. The Kier molecular flexibility index (Phi) is 4.61. The summed E-state index contributed by atoms with van der Waals surface area (Å²) in [4.78, 5) is 14.5. The van der Waals surface area contributed by atoms with E-state index in [1.807, 2.05) is 0 Å². The topological polar surface area (TPSA) is 39.2 Å². The summed E-state index contributed by atoms with van der Waals surface area (Å²) in [6, 6.07) is 1.12. The summed E-state index contributed by atoms with van der Waals surface area (Å²) in [7, 11) is 1.22. The summed E-state index contributed by atoms with van der Waals surface area (Å²) in [6.07, 6.45) is -2.87. The van der Waals surface area contributed by atoms with E-state index in [2.05, 4.69) is 25.7 Å². The van der Waals surface area contributed by atoms with Crippen molar-refractivity contribution in [1.29, 1.82) is 0 Å². The molecule has 0 fully saturated rings. The first-order valence-electron chi connectivity index (χ1n) is 4.15. The maximum Gasteiger partial charge on any atom is 0.310 e. The zero-order chi connectivity index (χ0) is 12.3. The minimum Gasteiger partial charge on any atom is -0.469 e. The average molecular weight is 315 g/mol. The van der Waals surface area contributed by atoms with Crippen LogP contribution in [0.3, 0.4) is 0 Å². The number of rotatable bonds is 3. The highest BCUT2D eigenvalue weighted by atomic mass is 79.9. The van der Waals surface area contributed by atoms with Crippen LogP contribution in [-0.2, 0) is 16.0 Å². The highest BCUT2D eigenvalue weighted by molar-refractivity contribution is 9.10. The van der Waals surface area contributed by atoms with Gasteiger partial charge in [-0.2, -0.15) is 0 Å². The number of pyridine rings is 1. The van der Waals surface area contributed by atoms with E-state index < -0.39 is 18.1 Å². The Labute approximate surface area is 104 Å². The third-order valence-corrected chi connectivity index (χ3v) is 3.19. The van der Waals surface area contributed by atoms with Gasteiger partial charge in [0.25, 0.3) is 6.43 Å². The fraction of sp³-hybridized carbons (Fsp3) is 0.333. The molecular formula is C9H7BrClF2NO2. The molecule has 0 aromatic carbocycles. The second-order valence-electron chi connectivity index (χ2n) is 2.86. The predicted octanol–water partition coefficient (Wildman–Crippen LogP) is 3.15. The number of hydrogen-bond acceptors (Lipinski definition) is 3. The summed E-state index contributed by atoms with van der Waals surface area (Å²) in [5, 5.41) is -0.100. The zero-order valence-corrected chi connectivity index (χ0v) is 10.5. The molecule has 0 unspecified atom stereocenters. The van der Waals surface area contributed by atoms with Gasteiger partial charge in [-0.15, -0.1) is 0 Å². The molecule has 7 heteroatoms. The van der Waals surface area contributed by atoms with Crippen molar-refractivity contribution in [2.75, 3.05) is 7.11 Å². The maximum atomic E-state index is 12.4. The monoisotopic (exact) mass is 313 g/mol. The molecule has 1 rings (SSSR count).